The van der Waals surface area contributed by atoms with E-state index in [2.05, 4.69) is 11.9 Å². The minimum absolute atomic E-state index is 0.0421. The van der Waals surface area contributed by atoms with Gasteiger partial charge in [-0.1, -0.05) is 6.58 Å². The summed E-state index contributed by atoms with van der Waals surface area (Å²) in [6.07, 6.45) is 1.17. The zero-order valence-corrected chi connectivity index (χ0v) is 5.42. The zero-order chi connectivity index (χ0) is 7.28. The van der Waals surface area contributed by atoms with Crippen molar-refractivity contribution < 1.29 is 9.90 Å². The van der Waals surface area contributed by atoms with Gasteiger partial charge in [0, 0.05) is 6.04 Å². The van der Waals surface area contributed by atoms with Crippen molar-refractivity contribution in [3.63, 3.8) is 0 Å². The Hall–Kier alpha value is -0.830. The summed E-state index contributed by atoms with van der Waals surface area (Å²) in [6.45, 7) is 4.92. The first-order valence-electron chi connectivity index (χ1n) is 2.74. The molecule has 1 unspecified atom stereocenters. The number of carbonyl (C=O) groups excluding carboxylic acids is 1. The molecule has 2 N–H and O–H groups in total. The fraction of sp³-hybridized carbons (Fsp3) is 0.500. The number of hydrogen-bond donors (Lipinski definition) is 2. The molecule has 1 amide bonds. The van der Waals surface area contributed by atoms with Crippen molar-refractivity contribution in [2.75, 3.05) is 6.61 Å². The molecule has 0 aliphatic rings. The van der Waals surface area contributed by atoms with E-state index in [-0.39, 0.29) is 18.6 Å². The van der Waals surface area contributed by atoms with E-state index in [0.717, 1.165) is 0 Å². The minimum Gasteiger partial charge on any atom is -0.394 e. The van der Waals surface area contributed by atoms with E-state index in [9.17, 15) is 4.79 Å². The van der Waals surface area contributed by atoms with E-state index in [1.807, 2.05) is 0 Å². The highest BCUT2D eigenvalue weighted by atomic mass is 16.3. The van der Waals surface area contributed by atoms with Gasteiger partial charge in [-0.25, -0.2) is 0 Å². The van der Waals surface area contributed by atoms with Crippen LogP contribution in [-0.4, -0.2) is 23.7 Å². The van der Waals surface area contributed by atoms with Gasteiger partial charge in [0.25, 0.3) is 0 Å². The number of amides is 1. The van der Waals surface area contributed by atoms with Crippen LogP contribution >= 0.6 is 0 Å². The predicted octanol–water partition coefficient (Wildman–Crippen LogP) is -0.331. The molecule has 0 aromatic carbocycles. The molecule has 0 bridgehead atoms. The fourth-order valence-corrected chi connectivity index (χ4v) is 0.347. The molecule has 9 heavy (non-hydrogen) atoms. The van der Waals surface area contributed by atoms with Gasteiger partial charge in [-0.15, -0.1) is 0 Å². The van der Waals surface area contributed by atoms with Crippen LogP contribution in [0.1, 0.15) is 6.92 Å². The van der Waals surface area contributed by atoms with Crippen LogP contribution in [0.5, 0.6) is 0 Å². The quantitative estimate of drug-likeness (QED) is 0.512. The van der Waals surface area contributed by atoms with Gasteiger partial charge in [-0.2, -0.15) is 0 Å². The van der Waals surface area contributed by atoms with Gasteiger partial charge >= 0.3 is 0 Å². The second-order valence-electron chi connectivity index (χ2n) is 1.80. The van der Waals surface area contributed by atoms with Crippen LogP contribution in [-0.2, 0) is 4.79 Å². The molecule has 0 aromatic heterocycles. The lowest BCUT2D eigenvalue weighted by Gasteiger charge is -2.06. The second-order valence-corrected chi connectivity index (χ2v) is 1.80. The Morgan fingerprint density at radius 3 is 2.89 bits per heavy atom. The van der Waals surface area contributed by atoms with Gasteiger partial charge in [-0.05, 0) is 13.0 Å². The van der Waals surface area contributed by atoms with Crippen molar-refractivity contribution in [1.29, 1.82) is 0 Å². The van der Waals surface area contributed by atoms with Crippen LogP contribution in [0.2, 0.25) is 0 Å². The van der Waals surface area contributed by atoms with Crippen LogP contribution in [0.25, 0.3) is 0 Å². The molecule has 52 valence electrons. The molecule has 0 saturated carbocycles. The lowest BCUT2D eigenvalue weighted by atomic mass is 10.3. The normalized spacial score (nSPS) is 12.2. The summed E-state index contributed by atoms with van der Waals surface area (Å²) >= 11 is 0. The zero-order valence-electron chi connectivity index (χ0n) is 5.42. The van der Waals surface area contributed by atoms with Crippen molar-refractivity contribution in [3.05, 3.63) is 12.7 Å². The van der Waals surface area contributed by atoms with Crippen LogP contribution < -0.4 is 5.32 Å². The molecule has 0 spiro atoms. The number of carbonyl (C=O) groups is 1. The number of nitrogens with one attached hydrogen (secondary N) is 1. The molecule has 3 nitrogen and oxygen atoms in total. The minimum atomic E-state index is -0.253. The lowest BCUT2D eigenvalue weighted by Crippen LogP contribution is -2.33. The standard InChI is InChI=1S/C6H11NO2/c1-3-6(9)7-5(2)4-8/h3,5,8H,1,4H2,2H3,(H,7,9). The van der Waals surface area contributed by atoms with Crippen molar-refractivity contribution in [1.82, 2.24) is 5.32 Å². The molecule has 0 aromatic rings. The first-order chi connectivity index (χ1) is 4.20. The van der Waals surface area contributed by atoms with Gasteiger partial charge in [0.05, 0.1) is 6.61 Å². The highest BCUT2D eigenvalue weighted by molar-refractivity contribution is 5.87. The lowest BCUT2D eigenvalue weighted by molar-refractivity contribution is -0.117. The molecule has 0 heterocycles. The van der Waals surface area contributed by atoms with E-state index in [1.54, 1.807) is 6.92 Å². The Balaban J connectivity index is 3.46. The van der Waals surface area contributed by atoms with Gasteiger partial charge < -0.3 is 10.4 Å². The van der Waals surface area contributed by atoms with Crippen LogP contribution in [0, 0.1) is 0 Å². The van der Waals surface area contributed by atoms with Crippen LogP contribution in [0.3, 0.4) is 0 Å². The predicted molar refractivity (Wildman–Crippen MR) is 34.9 cm³/mol. The smallest absolute Gasteiger partial charge is 0.243 e. The van der Waals surface area contributed by atoms with E-state index in [4.69, 9.17) is 5.11 Å². The van der Waals surface area contributed by atoms with Gasteiger partial charge in [0.15, 0.2) is 0 Å². The molecule has 3 heteroatoms. The Bertz CT molecular complexity index is 112. The van der Waals surface area contributed by atoms with Crippen LogP contribution in [0.4, 0.5) is 0 Å². The SMILES string of the molecule is C=CC(=O)NC(C)CO. The van der Waals surface area contributed by atoms with Crippen molar-refractivity contribution in [3.8, 4) is 0 Å². The maximum atomic E-state index is 10.4. The third-order valence-electron chi connectivity index (χ3n) is 0.848. The van der Waals surface area contributed by atoms with E-state index in [0.29, 0.717) is 0 Å². The third-order valence-corrected chi connectivity index (χ3v) is 0.848. The molecule has 1 atom stereocenters. The second kappa shape index (κ2) is 4.09. The van der Waals surface area contributed by atoms with E-state index in [1.165, 1.54) is 6.08 Å². The number of aliphatic hydroxyl groups excluding tert-OH is 1. The highest BCUT2D eigenvalue weighted by Gasteiger charge is 1.99. The van der Waals surface area contributed by atoms with Crippen LogP contribution in [0.15, 0.2) is 12.7 Å². The fourth-order valence-electron chi connectivity index (χ4n) is 0.347. The third kappa shape index (κ3) is 3.73. The first kappa shape index (κ1) is 8.17. The van der Waals surface area contributed by atoms with Gasteiger partial charge in [0.2, 0.25) is 5.91 Å². The van der Waals surface area contributed by atoms with Gasteiger partial charge in [-0.3, -0.25) is 4.79 Å². The summed E-state index contributed by atoms with van der Waals surface area (Å²) in [4.78, 5) is 10.4. The maximum Gasteiger partial charge on any atom is 0.243 e. The summed E-state index contributed by atoms with van der Waals surface area (Å²) in [7, 11) is 0. The number of rotatable bonds is 3. The Kier molecular flexibility index (Phi) is 3.71. The highest BCUT2D eigenvalue weighted by Crippen LogP contribution is 1.77. The Morgan fingerprint density at radius 1 is 2.00 bits per heavy atom. The van der Waals surface area contributed by atoms with Gasteiger partial charge in [0.1, 0.15) is 0 Å². The maximum absolute atomic E-state index is 10.4. The summed E-state index contributed by atoms with van der Waals surface area (Å²) < 4.78 is 0. The Labute approximate surface area is 54.4 Å². The molecule has 0 fully saturated rings. The summed E-state index contributed by atoms with van der Waals surface area (Å²) in [5, 5.41) is 10.9. The number of hydrogen-bond acceptors (Lipinski definition) is 2. The van der Waals surface area contributed by atoms with Crippen molar-refractivity contribution in [2.24, 2.45) is 0 Å². The summed E-state index contributed by atoms with van der Waals surface area (Å²) in [6, 6.07) is -0.185. The van der Waals surface area contributed by atoms with Crippen molar-refractivity contribution in [2.45, 2.75) is 13.0 Å². The topological polar surface area (TPSA) is 49.3 Å². The molecule has 0 aliphatic carbocycles. The van der Waals surface area contributed by atoms with E-state index >= 15 is 0 Å². The molecule has 0 radical (unpaired) electrons. The van der Waals surface area contributed by atoms with Crippen molar-refractivity contribution >= 4 is 5.91 Å². The molecular weight excluding hydrogens is 118 g/mol. The van der Waals surface area contributed by atoms with E-state index < -0.39 is 0 Å². The molecule has 0 saturated heterocycles. The Morgan fingerprint density at radius 2 is 2.56 bits per heavy atom. The largest absolute Gasteiger partial charge is 0.394 e. The molecule has 0 rings (SSSR count). The molecule has 0 aliphatic heterocycles. The summed E-state index contributed by atoms with van der Waals surface area (Å²) in [5.74, 6) is -0.253. The molecular formula is C6H11NO2. The average molecular weight is 129 g/mol. The average Bonchev–Trinajstić information content (AvgIpc) is 1.87. The summed E-state index contributed by atoms with van der Waals surface area (Å²) in [5.41, 5.74) is 0. The first-order valence-corrected chi connectivity index (χ1v) is 2.74. The monoisotopic (exact) mass is 129 g/mol. The number of aliphatic hydroxyl groups is 1.